The van der Waals surface area contributed by atoms with Crippen molar-refractivity contribution in [2.75, 3.05) is 37.8 Å². The molecule has 0 aliphatic carbocycles. The third-order valence-electron chi connectivity index (χ3n) is 5.29. The topological polar surface area (TPSA) is 81.8 Å². The molecule has 1 unspecified atom stereocenters. The van der Waals surface area contributed by atoms with Gasteiger partial charge in [0.05, 0.1) is 18.2 Å². The van der Waals surface area contributed by atoms with Crippen molar-refractivity contribution in [1.82, 2.24) is 9.80 Å². The molecule has 0 saturated carbocycles. The summed E-state index contributed by atoms with van der Waals surface area (Å²) in [7, 11) is 3.35. The molecule has 1 saturated heterocycles. The number of anilines is 2. The van der Waals surface area contributed by atoms with Crippen molar-refractivity contribution in [1.29, 1.82) is 0 Å². The van der Waals surface area contributed by atoms with Crippen LogP contribution in [0.5, 0.6) is 0 Å². The number of carbonyl (C=O) groups excluding carboxylic acids is 3. The van der Waals surface area contributed by atoms with Gasteiger partial charge < -0.3 is 15.5 Å². The average Bonchev–Trinajstić information content (AvgIpc) is 3.20. The summed E-state index contributed by atoms with van der Waals surface area (Å²) in [6, 6.07) is 10.1. The maximum atomic E-state index is 12.9. The van der Waals surface area contributed by atoms with Crippen LogP contribution in [-0.4, -0.2) is 60.7 Å². The van der Waals surface area contributed by atoms with E-state index in [0.717, 1.165) is 18.6 Å². The first kappa shape index (κ1) is 24.2. The Kier molecular flexibility index (Phi) is 7.37. The zero-order valence-electron chi connectivity index (χ0n) is 18.3. The largest absolute Gasteiger partial charge is 0.416 e. The Morgan fingerprint density at radius 3 is 2.36 bits per heavy atom. The first-order valence-electron chi connectivity index (χ1n) is 10.4. The highest BCUT2D eigenvalue weighted by Crippen LogP contribution is 2.30. The SMILES string of the molecule is CN(C)C(=O)C1CCCN1CC(=O)Nc1cccc(C(=O)Nc2cccc(C(F)(F)F)c2)c1. The Morgan fingerprint density at radius 1 is 1.03 bits per heavy atom. The van der Waals surface area contributed by atoms with Crippen LogP contribution in [0.1, 0.15) is 28.8 Å². The molecule has 0 aromatic heterocycles. The van der Waals surface area contributed by atoms with Gasteiger partial charge in [-0.05, 0) is 55.8 Å². The van der Waals surface area contributed by atoms with Crippen LogP contribution in [0, 0.1) is 0 Å². The van der Waals surface area contributed by atoms with Gasteiger partial charge in [-0.3, -0.25) is 19.3 Å². The Bertz CT molecular complexity index is 1040. The molecule has 0 bridgehead atoms. The van der Waals surface area contributed by atoms with E-state index in [9.17, 15) is 27.6 Å². The van der Waals surface area contributed by atoms with Gasteiger partial charge in [-0.25, -0.2) is 0 Å². The molecule has 3 amide bonds. The van der Waals surface area contributed by atoms with Crippen molar-refractivity contribution in [3.63, 3.8) is 0 Å². The third-order valence-corrected chi connectivity index (χ3v) is 5.29. The van der Waals surface area contributed by atoms with E-state index in [4.69, 9.17) is 0 Å². The van der Waals surface area contributed by atoms with Crippen molar-refractivity contribution in [2.45, 2.75) is 25.1 Å². The summed E-state index contributed by atoms with van der Waals surface area (Å²) in [5.41, 5.74) is -0.317. The molecule has 3 rings (SSSR count). The van der Waals surface area contributed by atoms with E-state index < -0.39 is 17.6 Å². The lowest BCUT2D eigenvalue weighted by molar-refractivity contribution is -0.137. The number of benzene rings is 2. The van der Waals surface area contributed by atoms with Crippen LogP contribution in [0.3, 0.4) is 0 Å². The first-order chi connectivity index (χ1) is 15.5. The first-order valence-corrected chi connectivity index (χ1v) is 10.4. The second kappa shape index (κ2) is 10.0. The second-order valence-electron chi connectivity index (χ2n) is 8.02. The van der Waals surface area contributed by atoms with Gasteiger partial charge in [0, 0.05) is 31.0 Å². The fourth-order valence-corrected chi connectivity index (χ4v) is 3.69. The van der Waals surface area contributed by atoms with Gasteiger partial charge in [0.1, 0.15) is 0 Å². The van der Waals surface area contributed by atoms with E-state index in [1.165, 1.54) is 29.2 Å². The maximum absolute atomic E-state index is 12.9. The van der Waals surface area contributed by atoms with Crippen molar-refractivity contribution >= 4 is 29.1 Å². The molecule has 2 aromatic carbocycles. The van der Waals surface area contributed by atoms with Crippen LogP contribution < -0.4 is 10.6 Å². The smallest absolute Gasteiger partial charge is 0.347 e. The van der Waals surface area contributed by atoms with Gasteiger partial charge in [-0.15, -0.1) is 0 Å². The number of nitrogens with one attached hydrogen (secondary N) is 2. The van der Waals surface area contributed by atoms with Gasteiger partial charge in [-0.1, -0.05) is 12.1 Å². The molecular formula is C23H25F3N4O3. The summed E-state index contributed by atoms with van der Waals surface area (Å²) < 4.78 is 38.6. The standard InChI is InChI=1S/C23H25F3N4O3/c1-29(2)22(33)19-10-5-11-30(19)14-20(31)27-17-8-3-6-15(12-17)21(32)28-18-9-4-7-16(13-18)23(24,25)26/h3-4,6-9,12-13,19H,5,10-11,14H2,1-2H3,(H,27,31)(H,28,32). The number of rotatable bonds is 6. The number of carbonyl (C=O) groups is 3. The molecule has 1 atom stereocenters. The van der Waals surface area contributed by atoms with E-state index in [-0.39, 0.29) is 35.7 Å². The summed E-state index contributed by atoms with van der Waals surface area (Å²) in [5, 5.41) is 5.15. The van der Waals surface area contributed by atoms with E-state index in [1.807, 2.05) is 4.90 Å². The van der Waals surface area contributed by atoms with Crippen LogP contribution in [0.2, 0.25) is 0 Å². The number of likely N-dealkylation sites (N-methyl/N-ethyl adjacent to an activating group) is 1. The molecule has 7 nitrogen and oxygen atoms in total. The number of likely N-dealkylation sites (tertiary alicyclic amines) is 1. The van der Waals surface area contributed by atoms with Gasteiger partial charge in [0.15, 0.2) is 0 Å². The van der Waals surface area contributed by atoms with E-state index >= 15 is 0 Å². The quantitative estimate of drug-likeness (QED) is 0.689. The minimum Gasteiger partial charge on any atom is -0.347 e. The fourth-order valence-electron chi connectivity index (χ4n) is 3.69. The van der Waals surface area contributed by atoms with E-state index in [2.05, 4.69) is 10.6 Å². The Morgan fingerprint density at radius 2 is 1.70 bits per heavy atom. The number of alkyl halides is 3. The lowest BCUT2D eigenvalue weighted by Crippen LogP contribution is -2.45. The molecule has 2 aromatic rings. The number of hydrogen-bond acceptors (Lipinski definition) is 4. The monoisotopic (exact) mass is 462 g/mol. The summed E-state index contributed by atoms with van der Waals surface area (Å²) in [6.45, 7) is 0.669. The number of hydrogen-bond donors (Lipinski definition) is 2. The maximum Gasteiger partial charge on any atom is 0.416 e. The molecule has 1 aliphatic rings. The minimum absolute atomic E-state index is 0.00916. The molecule has 0 spiro atoms. The highest BCUT2D eigenvalue weighted by molar-refractivity contribution is 6.05. The molecular weight excluding hydrogens is 437 g/mol. The minimum atomic E-state index is -4.52. The normalized spacial score (nSPS) is 16.3. The predicted molar refractivity (Wildman–Crippen MR) is 118 cm³/mol. The summed E-state index contributed by atoms with van der Waals surface area (Å²) in [6.07, 6.45) is -3.01. The zero-order chi connectivity index (χ0) is 24.2. The zero-order valence-corrected chi connectivity index (χ0v) is 18.3. The number of halogens is 3. The molecule has 2 N–H and O–H groups in total. The molecule has 33 heavy (non-hydrogen) atoms. The van der Waals surface area contributed by atoms with E-state index in [0.29, 0.717) is 18.7 Å². The number of nitrogens with zero attached hydrogens (tertiary/aromatic N) is 2. The molecule has 1 fully saturated rings. The average molecular weight is 462 g/mol. The molecule has 176 valence electrons. The highest BCUT2D eigenvalue weighted by Gasteiger charge is 2.33. The Hall–Kier alpha value is -3.40. The van der Waals surface area contributed by atoms with Crippen LogP contribution in [0.4, 0.5) is 24.5 Å². The van der Waals surface area contributed by atoms with Crippen molar-refractivity contribution < 1.29 is 27.6 Å². The third kappa shape index (κ3) is 6.32. The fraction of sp³-hybridized carbons (Fsp3) is 0.348. The summed E-state index contributed by atoms with van der Waals surface area (Å²) in [4.78, 5) is 40.7. The Labute approximate surface area is 189 Å². The van der Waals surface area contributed by atoms with Gasteiger partial charge >= 0.3 is 6.18 Å². The summed E-state index contributed by atoms with van der Waals surface area (Å²) in [5.74, 6) is -0.987. The van der Waals surface area contributed by atoms with Crippen molar-refractivity contribution in [3.05, 3.63) is 59.7 Å². The molecule has 1 heterocycles. The Balaban J connectivity index is 1.63. The molecule has 10 heteroatoms. The lowest BCUT2D eigenvalue weighted by Gasteiger charge is -2.25. The second-order valence-corrected chi connectivity index (χ2v) is 8.02. The van der Waals surface area contributed by atoms with Crippen molar-refractivity contribution in [2.24, 2.45) is 0 Å². The van der Waals surface area contributed by atoms with Crippen molar-refractivity contribution in [3.8, 4) is 0 Å². The highest BCUT2D eigenvalue weighted by atomic mass is 19.4. The van der Waals surface area contributed by atoms with Gasteiger partial charge in [0.2, 0.25) is 11.8 Å². The van der Waals surface area contributed by atoms with Gasteiger partial charge in [-0.2, -0.15) is 13.2 Å². The van der Waals surface area contributed by atoms with E-state index in [1.54, 1.807) is 26.2 Å². The summed E-state index contributed by atoms with van der Waals surface area (Å²) >= 11 is 0. The molecule has 0 radical (unpaired) electrons. The van der Waals surface area contributed by atoms with Crippen LogP contribution in [0.15, 0.2) is 48.5 Å². The van der Waals surface area contributed by atoms with Gasteiger partial charge in [0.25, 0.3) is 5.91 Å². The predicted octanol–water partition coefficient (Wildman–Crippen LogP) is 3.45. The molecule has 1 aliphatic heterocycles. The lowest BCUT2D eigenvalue weighted by atomic mass is 10.1. The van der Waals surface area contributed by atoms with Crippen LogP contribution in [0.25, 0.3) is 0 Å². The van der Waals surface area contributed by atoms with Crippen LogP contribution >= 0.6 is 0 Å². The number of amides is 3. The van der Waals surface area contributed by atoms with Crippen LogP contribution in [-0.2, 0) is 15.8 Å².